The maximum absolute atomic E-state index is 14.1. The number of hydrogen-bond acceptors (Lipinski definition) is 8. The van der Waals surface area contributed by atoms with Crippen molar-refractivity contribution in [2.24, 2.45) is 13.0 Å². The Kier molecular flexibility index (Phi) is 8.18. The summed E-state index contributed by atoms with van der Waals surface area (Å²) in [4.78, 5) is 37.5. The molecule has 0 saturated carbocycles. The Hall–Kier alpha value is -3.48. The minimum absolute atomic E-state index is 0.111. The summed E-state index contributed by atoms with van der Waals surface area (Å²) in [5.41, 5.74) is 3.27. The van der Waals surface area contributed by atoms with Gasteiger partial charge in [-0.3, -0.25) is 19.5 Å². The summed E-state index contributed by atoms with van der Waals surface area (Å²) in [5.74, 6) is 2.11. The van der Waals surface area contributed by atoms with Crippen LogP contribution in [0.3, 0.4) is 0 Å². The van der Waals surface area contributed by atoms with Gasteiger partial charge in [0.15, 0.2) is 0 Å². The number of aromatic nitrogens is 4. The number of carbonyl (C=O) groups excluding carboxylic acids is 1. The minimum atomic E-state index is -1.09. The molecule has 43 heavy (non-hydrogen) atoms. The van der Waals surface area contributed by atoms with Crippen molar-refractivity contribution in [1.29, 1.82) is 0 Å². The van der Waals surface area contributed by atoms with Crippen LogP contribution in [-0.2, 0) is 36.7 Å². The predicted molar refractivity (Wildman–Crippen MR) is 165 cm³/mol. The summed E-state index contributed by atoms with van der Waals surface area (Å²) in [6.07, 6.45) is 5.65. The first-order valence-electron chi connectivity index (χ1n) is 14.9. The van der Waals surface area contributed by atoms with E-state index in [9.17, 15) is 14.7 Å². The molecule has 6 rings (SSSR count). The number of benzene rings is 1. The largest absolute Gasteiger partial charge is 0.465 e. The first-order valence-corrected chi connectivity index (χ1v) is 16.1. The fourth-order valence-corrected chi connectivity index (χ4v) is 7.24. The number of fused-ring (bicyclic) bond motifs is 1. The molecule has 0 unspecified atom stereocenters. The molecule has 2 fully saturated rings. The third-order valence-electron chi connectivity index (χ3n) is 9.00. The molecule has 1 atom stereocenters. The maximum Gasteiger partial charge on any atom is 0.413 e. The molecule has 11 nitrogen and oxygen atoms in total. The Morgan fingerprint density at radius 1 is 1.26 bits per heavy atom. The van der Waals surface area contributed by atoms with Crippen molar-refractivity contribution in [1.82, 2.24) is 24.6 Å². The van der Waals surface area contributed by atoms with Gasteiger partial charge in [0, 0.05) is 49.0 Å². The number of piperidine rings is 1. The van der Waals surface area contributed by atoms with E-state index >= 15 is 0 Å². The van der Waals surface area contributed by atoms with E-state index in [2.05, 4.69) is 28.1 Å². The van der Waals surface area contributed by atoms with Crippen LogP contribution in [0.15, 0.2) is 35.5 Å². The molecule has 0 aliphatic carbocycles. The van der Waals surface area contributed by atoms with Crippen molar-refractivity contribution < 1.29 is 19.4 Å². The minimum Gasteiger partial charge on any atom is -0.465 e. The normalized spacial score (nSPS) is 19.8. The average Bonchev–Trinajstić information content (AvgIpc) is 3.52. The number of thioether (sulfide) groups is 1. The molecule has 3 aliphatic heterocycles. The van der Waals surface area contributed by atoms with Crippen molar-refractivity contribution in [3.8, 4) is 0 Å². The van der Waals surface area contributed by atoms with Gasteiger partial charge < -0.3 is 14.4 Å². The Morgan fingerprint density at radius 3 is 2.70 bits per heavy atom. The first-order chi connectivity index (χ1) is 20.7. The average molecular weight is 606 g/mol. The van der Waals surface area contributed by atoms with Gasteiger partial charge >= 0.3 is 6.09 Å². The quantitative estimate of drug-likeness (QED) is 0.356. The molecular weight excluding hydrogens is 566 g/mol. The number of nitrogens with zero attached hydrogens (tertiary/aromatic N) is 7. The molecule has 2 aromatic heterocycles. The third-order valence-corrected chi connectivity index (χ3v) is 9.80. The van der Waals surface area contributed by atoms with Crippen LogP contribution in [0.25, 0.3) is 0 Å². The van der Waals surface area contributed by atoms with Gasteiger partial charge in [0.1, 0.15) is 23.8 Å². The van der Waals surface area contributed by atoms with E-state index in [0.717, 1.165) is 47.0 Å². The van der Waals surface area contributed by atoms with Gasteiger partial charge in [-0.15, -0.1) is 22.0 Å². The monoisotopic (exact) mass is 605 g/mol. The van der Waals surface area contributed by atoms with Crippen LogP contribution in [0.1, 0.15) is 59.6 Å². The van der Waals surface area contributed by atoms with Gasteiger partial charge in [0.25, 0.3) is 5.91 Å². The number of anilines is 2. The van der Waals surface area contributed by atoms with Crippen LogP contribution in [-0.4, -0.2) is 80.9 Å². The lowest BCUT2D eigenvalue weighted by Gasteiger charge is -2.42. The standard InChI is InChI=1S/C31H39N7O4S/c1-5-37(30(40)41)26-11-22(31(17-42-18-31)13-28-34-32-19-35(28)3)12-27(33-26)38-16-24-23(29(38)39)9-21(10-25(24)43-4)15-36-8-6-7-20(2)14-36/h9-12,19-20H,5-8,13-18H2,1-4H3,(H,40,41)/t20-/m0/s1. The number of carbonyl (C=O) groups is 2. The molecule has 0 bridgehead atoms. The Morgan fingerprint density at radius 2 is 2.07 bits per heavy atom. The Balaban J connectivity index is 1.37. The smallest absolute Gasteiger partial charge is 0.413 e. The zero-order chi connectivity index (χ0) is 30.3. The Labute approximate surface area is 256 Å². The van der Waals surface area contributed by atoms with E-state index in [0.29, 0.717) is 49.3 Å². The highest BCUT2D eigenvalue weighted by Gasteiger charge is 2.43. The number of carboxylic acid groups (broad SMARTS) is 1. The summed E-state index contributed by atoms with van der Waals surface area (Å²) in [6, 6.07) is 8.02. The molecule has 0 spiro atoms. The highest BCUT2D eigenvalue weighted by Crippen LogP contribution is 2.41. The second-order valence-electron chi connectivity index (χ2n) is 12.1. The van der Waals surface area contributed by atoms with Crippen LogP contribution in [0.2, 0.25) is 0 Å². The van der Waals surface area contributed by atoms with Crippen LogP contribution in [0, 0.1) is 5.92 Å². The summed E-state index contributed by atoms with van der Waals surface area (Å²) < 4.78 is 7.59. The summed E-state index contributed by atoms with van der Waals surface area (Å²) >= 11 is 1.65. The van der Waals surface area contributed by atoms with Crippen LogP contribution in [0.4, 0.5) is 16.4 Å². The molecule has 228 valence electrons. The second-order valence-corrected chi connectivity index (χ2v) is 13.0. The molecule has 2 saturated heterocycles. The van der Waals surface area contributed by atoms with Gasteiger partial charge in [0.05, 0.1) is 19.8 Å². The van der Waals surface area contributed by atoms with Gasteiger partial charge in [-0.25, -0.2) is 9.78 Å². The van der Waals surface area contributed by atoms with Crippen LogP contribution in [0.5, 0.6) is 0 Å². The first kappa shape index (κ1) is 29.6. The number of rotatable bonds is 9. The lowest BCUT2D eigenvalue weighted by molar-refractivity contribution is -0.0611. The van der Waals surface area contributed by atoms with Crippen LogP contribution >= 0.6 is 11.8 Å². The number of amides is 2. The fraction of sp³-hybridized carbons (Fsp3) is 0.516. The number of pyridine rings is 1. The number of likely N-dealkylation sites (tertiary alicyclic amines) is 1. The van der Waals surface area contributed by atoms with Gasteiger partial charge in [-0.05, 0) is 79.4 Å². The van der Waals surface area contributed by atoms with Gasteiger partial charge in [0.2, 0.25) is 0 Å². The van der Waals surface area contributed by atoms with Crippen molar-refractivity contribution in [2.75, 3.05) is 48.9 Å². The highest BCUT2D eigenvalue weighted by molar-refractivity contribution is 7.98. The lowest BCUT2D eigenvalue weighted by Crippen LogP contribution is -2.49. The summed E-state index contributed by atoms with van der Waals surface area (Å²) in [7, 11) is 1.90. The van der Waals surface area contributed by atoms with E-state index in [4.69, 9.17) is 9.72 Å². The van der Waals surface area contributed by atoms with Crippen LogP contribution < -0.4 is 9.80 Å². The SMILES string of the molecule is CCN(C(=O)O)c1cc(C2(Cc3nncn3C)COC2)cc(N2Cc3c(SC)cc(CN4CCC[C@H](C)C4)cc3C2=O)n1. The lowest BCUT2D eigenvalue weighted by atomic mass is 9.75. The summed E-state index contributed by atoms with van der Waals surface area (Å²) in [5, 5.41) is 18.3. The molecule has 3 aromatic rings. The third kappa shape index (κ3) is 5.63. The van der Waals surface area contributed by atoms with E-state index in [1.807, 2.05) is 36.1 Å². The van der Waals surface area contributed by atoms with E-state index < -0.39 is 11.5 Å². The second kappa shape index (κ2) is 11.9. The van der Waals surface area contributed by atoms with Crippen molar-refractivity contribution in [3.63, 3.8) is 0 Å². The molecule has 2 amide bonds. The van der Waals surface area contributed by atoms with E-state index in [1.54, 1.807) is 29.9 Å². The molecule has 1 N–H and O–H groups in total. The molecule has 1 aromatic carbocycles. The van der Waals surface area contributed by atoms with Gasteiger partial charge in [-0.1, -0.05) is 6.92 Å². The zero-order valence-electron chi connectivity index (χ0n) is 25.2. The molecule has 12 heteroatoms. The van der Waals surface area contributed by atoms with E-state index in [-0.39, 0.29) is 12.5 Å². The summed E-state index contributed by atoms with van der Waals surface area (Å²) in [6.45, 7) is 8.55. The van der Waals surface area contributed by atoms with Crippen molar-refractivity contribution in [2.45, 2.75) is 56.5 Å². The Bertz CT molecular complexity index is 1540. The van der Waals surface area contributed by atoms with E-state index in [1.165, 1.54) is 17.7 Å². The topological polar surface area (TPSA) is 117 Å². The maximum atomic E-state index is 14.1. The zero-order valence-corrected chi connectivity index (χ0v) is 26.1. The molecule has 5 heterocycles. The molecular formula is C31H39N7O4S. The fourth-order valence-electron chi connectivity index (χ4n) is 6.55. The molecule has 0 radical (unpaired) electrons. The number of aryl methyl sites for hydroxylation is 1. The highest BCUT2D eigenvalue weighted by atomic mass is 32.2. The number of ether oxygens (including phenoxy) is 1. The predicted octanol–water partition coefficient (Wildman–Crippen LogP) is 4.34. The number of hydrogen-bond donors (Lipinski definition) is 1. The van der Waals surface area contributed by atoms with Crippen molar-refractivity contribution >= 4 is 35.4 Å². The van der Waals surface area contributed by atoms with Gasteiger partial charge in [-0.2, -0.15) is 0 Å². The van der Waals surface area contributed by atoms with Crippen molar-refractivity contribution in [3.05, 3.63) is 58.7 Å². The molecule has 3 aliphatic rings.